The van der Waals surface area contributed by atoms with Gasteiger partial charge in [0.1, 0.15) is 11.5 Å². The van der Waals surface area contributed by atoms with Crippen molar-refractivity contribution in [3.8, 4) is 11.5 Å². The second-order valence-electron chi connectivity index (χ2n) is 13.7. The Morgan fingerprint density at radius 1 is 1.09 bits per heavy atom. The number of rotatable bonds is 16. The van der Waals surface area contributed by atoms with Crippen LogP contribution in [-0.2, 0) is 16.1 Å². The Balaban J connectivity index is 1.49. The number of nitrogens with zero attached hydrogens (tertiary/aromatic N) is 3. The molecule has 1 aliphatic heterocycles. The van der Waals surface area contributed by atoms with Crippen LogP contribution >= 0.6 is 0 Å². The van der Waals surface area contributed by atoms with E-state index in [2.05, 4.69) is 29.7 Å². The van der Waals surface area contributed by atoms with Gasteiger partial charge in [-0.1, -0.05) is 32.0 Å². The van der Waals surface area contributed by atoms with Crippen molar-refractivity contribution < 1.29 is 24.5 Å². The van der Waals surface area contributed by atoms with Crippen molar-refractivity contribution in [3.05, 3.63) is 59.8 Å². The third-order valence-electron chi connectivity index (χ3n) is 8.85. The summed E-state index contributed by atoms with van der Waals surface area (Å²) >= 11 is 0. The van der Waals surface area contributed by atoms with E-state index in [9.17, 15) is 9.59 Å². The SMILES string of the molecule is CCCN(CCC)C(=O)C(C)(C)Oc1cccc(N2CCC[C@@H](C(=O)N(Cc3ccc(/C(C=[NH2+])=C/N)cc3OC(C)C)C3CC3)C2)c1. The molecule has 2 fully saturated rings. The zero-order valence-corrected chi connectivity index (χ0v) is 29.3. The minimum Gasteiger partial charge on any atom is -0.491 e. The van der Waals surface area contributed by atoms with Gasteiger partial charge in [-0.15, -0.1) is 0 Å². The monoisotopic (exact) mass is 646 g/mol. The maximum absolute atomic E-state index is 14.2. The molecule has 9 heteroatoms. The molecule has 2 aliphatic rings. The number of carbonyl (C=O) groups excluding carboxylic acids is 2. The molecule has 1 saturated heterocycles. The number of carbonyl (C=O) groups is 2. The van der Waals surface area contributed by atoms with E-state index in [0.29, 0.717) is 18.8 Å². The van der Waals surface area contributed by atoms with E-state index in [1.54, 1.807) is 0 Å². The topological polar surface area (TPSA) is 114 Å². The van der Waals surface area contributed by atoms with Gasteiger partial charge in [-0.2, -0.15) is 0 Å². The van der Waals surface area contributed by atoms with Crippen molar-refractivity contribution in [3.63, 3.8) is 0 Å². The first kappa shape index (κ1) is 35.8. The van der Waals surface area contributed by atoms with E-state index in [1.165, 1.54) is 12.4 Å². The number of hydrogen-bond acceptors (Lipinski definition) is 6. The van der Waals surface area contributed by atoms with Gasteiger partial charge >= 0.3 is 0 Å². The van der Waals surface area contributed by atoms with Gasteiger partial charge < -0.3 is 29.9 Å². The molecule has 0 spiro atoms. The van der Waals surface area contributed by atoms with E-state index >= 15 is 0 Å². The zero-order valence-electron chi connectivity index (χ0n) is 29.3. The number of benzene rings is 2. The Morgan fingerprint density at radius 3 is 2.43 bits per heavy atom. The zero-order chi connectivity index (χ0) is 34.1. The molecular weight excluding hydrogens is 590 g/mol. The highest BCUT2D eigenvalue weighted by Gasteiger charge is 2.38. The number of nitrogens with two attached hydrogens (primary N) is 2. The van der Waals surface area contributed by atoms with Gasteiger partial charge in [-0.05, 0) is 90.0 Å². The minimum atomic E-state index is -0.991. The first-order chi connectivity index (χ1) is 22.5. The van der Waals surface area contributed by atoms with Crippen LogP contribution in [0.2, 0.25) is 0 Å². The summed E-state index contributed by atoms with van der Waals surface area (Å²) < 4.78 is 12.6. The molecular formula is C38H56N5O4+. The molecule has 4 N–H and O–H groups in total. The lowest BCUT2D eigenvalue weighted by molar-refractivity contribution is -0.145. The van der Waals surface area contributed by atoms with E-state index < -0.39 is 5.60 Å². The van der Waals surface area contributed by atoms with Crippen molar-refractivity contribution in [2.45, 2.75) is 104 Å². The molecule has 1 saturated carbocycles. The van der Waals surface area contributed by atoms with Gasteiger partial charge in [0.15, 0.2) is 11.8 Å². The van der Waals surface area contributed by atoms with Gasteiger partial charge in [-0.3, -0.25) is 15.0 Å². The standard InChI is InChI=1S/C38H55N5O4/c1-7-18-41(19-8-2)37(45)38(5,6)47-34-13-9-12-33(22-34)42-20-10-11-30(25-42)36(44)43(32-16-17-32)26-29-15-14-28(31(23-39)24-40)21-35(29)46-27(3)4/h9,12-15,21-24,27,30,32,39H,7-8,10-11,16-20,25-26,40H2,1-6H3/p+1/b31-24+,39-23?/t30-/m1/s1. The van der Waals surface area contributed by atoms with Gasteiger partial charge in [0, 0.05) is 62.3 Å². The number of hydrogen-bond donors (Lipinski definition) is 2. The molecule has 0 unspecified atom stereocenters. The molecule has 2 amide bonds. The van der Waals surface area contributed by atoms with E-state index in [-0.39, 0.29) is 29.9 Å². The van der Waals surface area contributed by atoms with Crippen LogP contribution in [-0.4, -0.2) is 71.8 Å². The third-order valence-corrected chi connectivity index (χ3v) is 8.85. The molecule has 1 aliphatic carbocycles. The molecule has 1 atom stereocenters. The average molecular weight is 647 g/mol. The fraction of sp³-hybridized carbons (Fsp3) is 0.553. The number of allylic oxidation sites excluding steroid dienone is 1. The summed E-state index contributed by atoms with van der Waals surface area (Å²) in [6, 6.07) is 14.2. The van der Waals surface area contributed by atoms with Gasteiger partial charge in [0.25, 0.3) is 5.91 Å². The Kier molecular flexibility index (Phi) is 12.4. The maximum atomic E-state index is 14.2. The Hall–Kier alpha value is -4.01. The van der Waals surface area contributed by atoms with Crippen molar-refractivity contribution in [2.75, 3.05) is 31.1 Å². The predicted octanol–water partition coefficient (Wildman–Crippen LogP) is 4.82. The number of amides is 2. The summed E-state index contributed by atoms with van der Waals surface area (Å²) in [4.78, 5) is 33.8. The molecule has 2 aromatic carbocycles. The van der Waals surface area contributed by atoms with E-state index in [1.807, 2.05) is 69.0 Å². The number of ether oxygens (including phenoxy) is 2. The number of piperidine rings is 1. The van der Waals surface area contributed by atoms with Gasteiger partial charge in [-0.25, -0.2) is 0 Å². The summed E-state index contributed by atoms with van der Waals surface area (Å²) in [5, 5.41) is 5.79. The first-order valence-electron chi connectivity index (χ1n) is 17.4. The Morgan fingerprint density at radius 2 is 1.81 bits per heavy atom. The van der Waals surface area contributed by atoms with Crippen molar-refractivity contribution in [2.24, 2.45) is 11.7 Å². The largest absolute Gasteiger partial charge is 0.491 e. The smallest absolute Gasteiger partial charge is 0.266 e. The first-order valence-corrected chi connectivity index (χ1v) is 17.4. The lowest BCUT2D eigenvalue weighted by Crippen LogP contribution is -2.49. The second kappa shape index (κ2) is 16.2. The van der Waals surface area contributed by atoms with Crippen LogP contribution in [0.1, 0.15) is 91.2 Å². The highest BCUT2D eigenvalue weighted by atomic mass is 16.5. The van der Waals surface area contributed by atoms with Crippen LogP contribution in [0.5, 0.6) is 11.5 Å². The molecule has 2 aromatic rings. The summed E-state index contributed by atoms with van der Waals surface area (Å²) in [6.07, 6.45) is 8.58. The normalized spacial score (nSPS) is 17.0. The fourth-order valence-corrected chi connectivity index (χ4v) is 6.40. The summed E-state index contributed by atoms with van der Waals surface area (Å²) in [5.41, 5.74) is 8.38. The molecule has 9 nitrogen and oxygen atoms in total. The van der Waals surface area contributed by atoms with Crippen molar-refractivity contribution >= 4 is 29.3 Å². The Bertz CT molecular complexity index is 1410. The van der Waals surface area contributed by atoms with Crippen molar-refractivity contribution in [1.29, 1.82) is 0 Å². The molecule has 1 heterocycles. The molecule has 47 heavy (non-hydrogen) atoms. The van der Waals surface area contributed by atoms with E-state index in [0.717, 1.165) is 86.3 Å². The molecule has 256 valence electrons. The summed E-state index contributed by atoms with van der Waals surface area (Å²) in [7, 11) is 0. The van der Waals surface area contributed by atoms with Crippen LogP contribution in [0.4, 0.5) is 5.69 Å². The Labute approximate surface area is 281 Å². The molecule has 0 bridgehead atoms. The van der Waals surface area contributed by atoms with Crippen molar-refractivity contribution in [1.82, 2.24) is 9.80 Å². The highest BCUT2D eigenvalue weighted by molar-refractivity contribution is 6.06. The fourth-order valence-electron chi connectivity index (χ4n) is 6.40. The van der Waals surface area contributed by atoms with Crippen LogP contribution in [0, 0.1) is 5.92 Å². The summed E-state index contributed by atoms with van der Waals surface area (Å²) in [5.74, 6) is 1.48. The van der Waals surface area contributed by atoms with Crippen LogP contribution in [0.3, 0.4) is 0 Å². The van der Waals surface area contributed by atoms with E-state index in [4.69, 9.17) is 20.6 Å². The van der Waals surface area contributed by atoms with Crippen LogP contribution in [0.15, 0.2) is 48.7 Å². The average Bonchev–Trinajstić information content (AvgIpc) is 3.89. The van der Waals surface area contributed by atoms with Crippen LogP contribution < -0.4 is 25.5 Å². The minimum absolute atomic E-state index is 0.000921. The third kappa shape index (κ3) is 9.30. The second-order valence-corrected chi connectivity index (χ2v) is 13.7. The molecule has 0 radical (unpaired) electrons. The predicted molar refractivity (Wildman–Crippen MR) is 189 cm³/mol. The lowest BCUT2D eigenvalue weighted by Gasteiger charge is -2.37. The lowest BCUT2D eigenvalue weighted by atomic mass is 9.95. The number of anilines is 1. The maximum Gasteiger partial charge on any atom is 0.266 e. The molecule has 0 aromatic heterocycles. The van der Waals surface area contributed by atoms with Gasteiger partial charge in [0.05, 0.1) is 17.6 Å². The highest BCUT2D eigenvalue weighted by Crippen LogP contribution is 2.35. The molecule has 4 rings (SSSR count). The summed E-state index contributed by atoms with van der Waals surface area (Å²) in [6.45, 7) is 15.3. The van der Waals surface area contributed by atoms with Crippen LogP contribution in [0.25, 0.3) is 5.57 Å². The van der Waals surface area contributed by atoms with Gasteiger partial charge in [0.2, 0.25) is 5.91 Å². The quantitative estimate of drug-likeness (QED) is 0.253.